The monoisotopic (exact) mass is 625 g/mol. The molecule has 0 spiro atoms. The molecule has 0 saturated carbocycles. The Kier molecular flexibility index (Phi) is 13.0. The maximum absolute atomic E-state index is 5.46. The second-order valence-corrected chi connectivity index (χ2v) is 11.3. The van der Waals surface area contributed by atoms with E-state index in [4.69, 9.17) is 9.98 Å². The first kappa shape index (κ1) is 33.7. The molecule has 0 aliphatic heterocycles. The largest absolute Gasteiger partial charge is 0.265 e. The fourth-order valence-electron chi connectivity index (χ4n) is 5.59. The second-order valence-electron chi connectivity index (χ2n) is 11.3. The molecule has 1 aromatic carbocycles. The lowest BCUT2D eigenvalue weighted by Crippen LogP contribution is -2.11. The average Bonchev–Trinajstić information content (AvgIpc) is 3.14. The predicted octanol–water partition coefficient (Wildman–Crippen LogP) is 11.4. The van der Waals surface area contributed by atoms with Crippen LogP contribution in [0.25, 0.3) is 16.8 Å². The normalized spacial score (nSPS) is 19.6. The summed E-state index contributed by atoms with van der Waals surface area (Å²) in [6.45, 7) is 5.84. The van der Waals surface area contributed by atoms with Crippen LogP contribution in [0.15, 0.2) is 199 Å². The van der Waals surface area contributed by atoms with E-state index in [9.17, 15) is 0 Å². The minimum absolute atomic E-state index is 0.688. The summed E-state index contributed by atoms with van der Waals surface area (Å²) >= 11 is 0. The van der Waals surface area contributed by atoms with Gasteiger partial charge >= 0.3 is 0 Å². The lowest BCUT2D eigenvalue weighted by atomic mass is 9.85. The number of nitrogens with zero attached hydrogens (tertiary/aromatic N) is 3. The van der Waals surface area contributed by atoms with Gasteiger partial charge in [-0.1, -0.05) is 134 Å². The summed E-state index contributed by atoms with van der Waals surface area (Å²) in [5, 5.41) is 0. The van der Waals surface area contributed by atoms with Crippen LogP contribution in [0, 0.1) is 0 Å². The van der Waals surface area contributed by atoms with Crippen molar-refractivity contribution < 1.29 is 0 Å². The van der Waals surface area contributed by atoms with Crippen LogP contribution in [0.1, 0.15) is 49.4 Å². The van der Waals surface area contributed by atoms with Gasteiger partial charge in [0.25, 0.3) is 0 Å². The van der Waals surface area contributed by atoms with Gasteiger partial charge in [0.2, 0.25) is 0 Å². The average molecular weight is 626 g/mol. The van der Waals surface area contributed by atoms with Crippen molar-refractivity contribution in [3.8, 4) is 11.3 Å². The second kappa shape index (κ2) is 18.5. The zero-order chi connectivity index (χ0) is 33.2. The molecule has 0 radical (unpaired) electrons. The molecule has 3 heteroatoms. The van der Waals surface area contributed by atoms with Gasteiger partial charge in [0.1, 0.15) is 0 Å². The van der Waals surface area contributed by atoms with E-state index >= 15 is 0 Å². The van der Waals surface area contributed by atoms with Gasteiger partial charge in [-0.3, -0.25) is 9.97 Å². The van der Waals surface area contributed by atoms with E-state index in [0.29, 0.717) is 6.42 Å². The van der Waals surface area contributed by atoms with E-state index in [1.807, 2.05) is 30.6 Å². The molecule has 48 heavy (non-hydrogen) atoms. The fourth-order valence-corrected chi connectivity index (χ4v) is 5.59. The number of hydrogen-bond donors (Lipinski definition) is 0. The van der Waals surface area contributed by atoms with E-state index in [1.54, 1.807) is 6.08 Å². The van der Waals surface area contributed by atoms with E-state index in [1.165, 1.54) is 11.1 Å². The standard InChI is InChI=1S/C45H43N3/c1-3-5-6-10-18-27-40(4-2)48-45(38-24-14-11-8-7-9-12-15-25-38)44(37-22-16-13-17-23-37)42-29-20-19-26-39(42)35-41-28-21-30-43(47-41)36-31-33-46-34-32-36/h3-9,11,13,15-22,24-34H,1,10,12,14,23,35H2,2H3/b6-5-,9-7-,11-8-,25-15-,27-18-,38-24+,40-4+,44-37+,48-45?. The van der Waals surface area contributed by atoms with E-state index in [2.05, 4.69) is 152 Å². The van der Waals surface area contributed by atoms with Crippen LogP contribution in [0.3, 0.4) is 0 Å². The number of pyridine rings is 2. The maximum Gasteiger partial charge on any atom is 0.0787 e. The lowest BCUT2D eigenvalue weighted by molar-refractivity contribution is 1.07. The smallest absolute Gasteiger partial charge is 0.0787 e. The summed E-state index contributed by atoms with van der Waals surface area (Å²) in [5.41, 5.74) is 10.7. The van der Waals surface area contributed by atoms with Gasteiger partial charge in [-0.05, 0) is 85.2 Å². The maximum atomic E-state index is 5.46. The van der Waals surface area contributed by atoms with E-state index in [-0.39, 0.29) is 0 Å². The van der Waals surface area contributed by atoms with Crippen molar-refractivity contribution in [1.29, 1.82) is 0 Å². The van der Waals surface area contributed by atoms with Crippen LogP contribution in [0.2, 0.25) is 0 Å². The first-order chi connectivity index (χ1) is 23.8. The highest BCUT2D eigenvalue weighted by atomic mass is 14.8. The molecule has 2 aliphatic carbocycles. The number of allylic oxidation sites excluding steroid dienone is 20. The Bertz CT molecular complexity index is 1900. The Hall–Kier alpha value is -5.67. The van der Waals surface area contributed by atoms with Crippen LogP contribution < -0.4 is 0 Å². The highest BCUT2D eigenvalue weighted by Gasteiger charge is 2.21. The van der Waals surface area contributed by atoms with E-state index < -0.39 is 0 Å². The Morgan fingerprint density at radius 2 is 1.69 bits per heavy atom. The molecule has 0 N–H and O–H groups in total. The number of aromatic nitrogens is 2. The number of rotatable bonds is 11. The molecule has 2 aromatic heterocycles. The molecule has 0 unspecified atom stereocenters. The quantitative estimate of drug-likeness (QED) is 0.157. The van der Waals surface area contributed by atoms with Gasteiger partial charge in [0.05, 0.1) is 17.1 Å². The first-order valence-corrected chi connectivity index (χ1v) is 16.7. The molecule has 3 nitrogen and oxygen atoms in total. The Morgan fingerprint density at radius 3 is 2.50 bits per heavy atom. The van der Waals surface area contributed by atoms with Crippen LogP contribution in [-0.2, 0) is 6.42 Å². The van der Waals surface area contributed by atoms with Gasteiger partial charge in [-0.2, -0.15) is 0 Å². The predicted molar refractivity (Wildman–Crippen MR) is 206 cm³/mol. The zero-order valence-electron chi connectivity index (χ0n) is 27.8. The molecule has 5 rings (SSSR count). The summed E-state index contributed by atoms with van der Waals surface area (Å²) < 4.78 is 0. The van der Waals surface area contributed by atoms with Crippen molar-refractivity contribution in [2.45, 2.75) is 39.0 Å². The van der Waals surface area contributed by atoms with Crippen LogP contribution in [-0.4, -0.2) is 15.7 Å². The van der Waals surface area contributed by atoms with Crippen molar-refractivity contribution in [2.75, 3.05) is 0 Å². The highest BCUT2D eigenvalue weighted by molar-refractivity contribution is 6.34. The highest BCUT2D eigenvalue weighted by Crippen LogP contribution is 2.33. The van der Waals surface area contributed by atoms with Crippen molar-refractivity contribution >= 4 is 11.3 Å². The molecular formula is C45H43N3. The topological polar surface area (TPSA) is 38.1 Å². The molecule has 0 saturated heterocycles. The Morgan fingerprint density at radius 1 is 0.854 bits per heavy atom. The van der Waals surface area contributed by atoms with Crippen LogP contribution in [0.4, 0.5) is 0 Å². The summed E-state index contributed by atoms with van der Waals surface area (Å²) in [5.74, 6) is 0. The summed E-state index contributed by atoms with van der Waals surface area (Å²) in [4.78, 5) is 14.7. The van der Waals surface area contributed by atoms with Crippen LogP contribution >= 0.6 is 0 Å². The molecule has 0 bridgehead atoms. The number of aliphatic imine (C=N–C) groups is 1. The molecule has 3 aromatic rings. The van der Waals surface area contributed by atoms with Gasteiger partial charge in [0, 0.05) is 35.6 Å². The summed E-state index contributed by atoms with van der Waals surface area (Å²) in [6.07, 6.45) is 43.9. The van der Waals surface area contributed by atoms with Crippen molar-refractivity contribution in [2.24, 2.45) is 4.99 Å². The molecule has 0 amide bonds. The number of hydrogen-bond acceptors (Lipinski definition) is 3. The summed E-state index contributed by atoms with van der Waals surface area (Å²) in [7, 11) is 0. The third-order valence-corrected chi connectivity index (χ3v) is 7.95. The Labute approximate surface area is 286 Å². The van der Waals surface area contributed by atoms with Crippen molar-refractivity contribution in [3.05, 3.63) is 211 Å². The number of benzene rings is 1. The van der Waals surface area contributed by atoms with Gasteiger partial charge in [-0.25, -0.2) is 4.99 Å². The molecular weight excluding hydrogens is 583 g/mol. The van der Waals surface area contributed by atoms with Gasteiger partial charge in [0.15, 0.2) is 0 Å². The van der Waals surface area contributed by atoms with Crippen molar-refractivity contribution in [1.82, 2.24) is 9.97 Å². The molecule has 2 heterocycles. The minimum atomic E-state index is 0.688. The minimum Gasteiger partial charge on any atom is -0.265 e. The third-order valence-electron chi connectivity index (χ3n) is 7.95. The van der Waals surface area contributed by atoms with Crippen LogP contribution in [0.5, 0.6) is 0 Å². The Balaban J connectivity index is 1.66. The van der Waals surface area contributed by atoms with Gasteiger partial charge in [-0.15, -0.1) is 0 Å². The SMILES string of the molecule is C=C/C=C\C/C=C\C(=C/C)N=C(/C(=C1\C=CC=CC1)c1ccccc1Cc1cccc(-c2ccncc2)n1)C1=C/C/C=C\C=C/C/C=C\1. The fraction of sp³-hybridized carbons (Fsp3) is 0.133. The molecule has 0 fully saturated rings. The first-order valence-electron chi connectivity index (χ1n) is 16.7. The van der Waals surface area contributed by atoms with E-state index in [0.717, 1.165) is 70.8 Å². The summed E-state index contributed by atoms with van der Waals surface area (Å²) in [6, 6.07) is 19.0. The molecule has 0 atom stereocenters. The zero-order valence-corrected chi connectivity index (χ0v) is 27.8. The molecule has 238 valence electrons. The van der Waals surface area contributed by atoms with Gasteiger partial charge < -0.3 is 0 Å². The molecule has 2 aliphatic rings. The lowest BCUT2D eigenvalue weighted by Gasteiger charge is -2.21. The third kappa shape index (κ3) is 9.67. The van der Waals surface area contributed by atoms with Crippen molar-refractivity contribution in [3.63, 3.8) is 0 Å².